The Labute approximate surface area is 252 Å². The summed E-state index contributed by atoms with van der Waals surface area (Å²) in [7, 11) is -1.98. The Morgan fingerprint density at radius 3 is 2.24 bits per heavy atom. The number of aryl methyl sites for hydroxylation is 1. The van der Waals surface area contributed by atoms with Crippen molar-refractivity contribution in [3.63, 3.8) is 0 Å². The fraction of sp³-hybridized carbons (Fsp3) is 0.486. The lowest BCUT2D eigenvalue weighted by Gasteiger charge is -2.41. The molecule has 1 aromatic rings. The summed E-state index contributed by atoms with van der Waals surface area (Å²) in [6, 6.07) is 10.7. The monoisotopic (exact) mass is 574 g/mol. The van der Waals surface area contributed by atoms with Crippen molar-refractivity contribution in [1.29, 1.82) is 0 Å². The van der Waals surface area contributed by atoms with Crippen LogP contribution in [0.5, 0.6) is 0 Å². The predicted molar refractivity (Wildman–Crippen MR) is 179 cm³/mol. The van der Waals surface area contributed by atoms with Crippen LogP contribution in [0.1, 0.15) is 74.3 Å². The molecular weight excluding hydrogens is 520 g/mol. The number of hydrogen-bond donors (Lipinski definition) is 0. The zero-order chi connectivity index (χ0) is 31.1. The molecule has 3 nitrogen and oxygen atoms in total. The fourth-order valence-corrected chi connectivity index (χ4v) is 5.54. The minimum absolute atomic E-state index is 0.0295. The van der Waals surface area contributed by atoms with Gasteiger partial charge in [0.2, 0.25) is 0 Å². The zero-order valence-electron chi connectivity index (χ0n) is 27.5. The number of carbonyl (C=O) groups is 1. The highest BCUT2D eigenvalue weighted by atomic mass is 28.4. The first-order valence-corrected chi connectivity index (χ1v) is 17.9. The molecular formula is C37H54O3Si. The lowest BCUT2D eigenvalue weighted by Crippen LogP contribution is -2.45. The van der Waals surface area contributed by atoms with Crippen LogP contribution in [-0.2, 0) is 20.4 Å². The lowest BCUT2D eigenvalue weighted by atomic mass is 9.92. The molecule has 0 heterocycles. The Kier molecular flexibility index (Phi) is 15.7. The molecule has 0 aliphatic rings. The van der Waals surface area contributed by atoms with Crippen molar-refractivity contribution >= 4 is 14.3 Å². The molecule has 0 spiro atoms. The highest BCUT2D eigenvalue weighted by Gasteiger charge is 2.40. The molecule has 0 N–H and O–H groups in total. The van der Waals surface area contributed by atoms with Crippen molar-refractivity contribution in [3.8, 4) is 11.8 Å². The minimum Gasteiger partial charge on any atom is -0.463 e. The second kappa shape index (κ2) is 17.8. The molecule has 0 saturated carbocycles. The minimum atomic E-state index is -1.98. The first kappa shape index (κ1) is 36.2. The standard InChI is InChI=1S/C37H54O3Si/c1-12-39-36(38)31(4)22-18-15-13-14-17-21-29(2)27-32(5)35(40-41(10,11)37(7,8)9)33(6)28-30(3)25-26-34-23-19-16-20-24-34/h15-24,27-28,30,32,35H,12,25-26H2,1-11H3/b18-15+,21-17+,29-27+,31-22+,33-28+/t30-,32+,35+/m0/s1. The Balaban J connectivity index is 3.02. The van der Waals surface area contributed by atoms with Crippen molar-refractivity contribution in [2.45, 2.75) is 99.4 Å². The number of carbonyl (C=O) groups excluding carboxylic acids is 1. The number of hydrogen-bond acceptors (Lipinski definition) is 3. The Hall–Kier alpha value is -2.87. The summed E-state index contributed by atoms with van der Waals surface area (Å²) in [5, 5.41) is 0.135. The third kappa shape index (κ3) is 14.0. The van der Waals surface area contributed by atoms with Crippen molar-refractivity contribution < 1.29 is 14.0 Å². The Bertz CT molecular complexity index is 1160. The first-order chi connectivity index (χ1) is 19.2. The van der Waals surface area contributed by atoms with Gasteiger partial charge < -0.3 is 9.16 Å². The molecule has 0 amide bonds. The van der Waals surface area contributed by atoms with Gasteiger partial charge in [0.05, 0.1) is 12.7 Å². The molecule has 0 fully saturated rings. The lowest BCUT2D eigenvalue weighted by molar-refractivity contribution is -0.138. The van der Waals surface area contributed by atoms with Gasteiger partial charge in [-0.25, -0.2) is 4.79 Å². The number of allylic oxidation sites excluding steroid dienone is 7. The average Bonchev–Trinajstić information content (AvgIpc) is 2.89. The number of benzene rings is 1. The summed E-state index contributed by atoms with van der Waals surface area (Å²) in [6.07, 6.45) is 16.1. The van der Waals surface area contributed by atoms with Crippen molar-refractivity contribution in [2.75, 3.05) is 6.61 Å². The second-order valence-corrected chi connectivity index (χ2v) is 17.3. The quantitative estimate of drug-likeness (QED) is 0.0587. The molecule has 0 aliphatic heterocycles. The molecule has 0 bridgehead atoms. The van der Waals surface area contributed by atoms with Crippen LogP contribution in [0.15, 0.2) is 89.6 Å². The van der Waals surface area contributed by atoms with Crippen molar-refractivity contribution in [2.24, 2.45) is 11.8 Å². The third-order valence-corrected chi connectivity index (χ3v) is 12.1. The maximum absolute atomic E-state index is 11.6. The van der Waals surface area contributed by atoms with Gasteiger partial charge in [0, 0.05) is 11.5 Å². The van der Waals surface area contributed by atoms with Crippen LogP contribution in [0.25, 0.3) is 0 Å². The van der Waals surface area contributed by atoms with E-state index >= 15 is 0 Å². The maximum Gasteiger partial charge on any atom is 0.333 e. The molecule has 0 unspecified atom stereocenters. The highest BCUT2D eigenvalue weighted by molar-refractivity contribution is 6.74. The summed E-state index contributed by atoms with van der Waals surface area (Å²) in [5.41, 5.74) is 4.41. The van der Waals surface area contributed by atoms with Gasteiger partial charge in [-0.1, -0.05) is 113 Å². The normalized spacial score (nSPS) is 15.9. The fourth-order valence-electron chi connectivity index (χ4n) is 4.16. The number of rotatable bonds is 13. The number of esters is 1. The summed E-state index contributed by atoms with van der Waals surface area (Å²) in [4.78, 5) is 11.6. The van der Waals surface area contributed by atoms with E-state index in [0.29, 0.717) is 18.1 Å². The van der Waals surface area contributed by atoms with Gasteiger partial charge in [0.1, 0.15) is 0 Å². The zero-order valence-corrected chi connectivity index (χ0v) is 28.5. The summed E-state index contributed by atoms with van der Waals surface area (Å²) in [5.74, 6) is 6.41. The molecule has 1 rings (SSSR count). The van der Waals surface area contributed by atoms with E-state index in [0.717, 1.165) is 18.4 Å². The number of ether oxygens (including phenoxy) is 1. The predicted octanol–water partition coefficient (Wildman–Crippen LogP) is 9.80. The molecule has 0 saturated heterocycles. The van der Waals surface area contributed by atoms with Crippen LogP contribution < -0.4 is 0 Å². The van der Waals surface area contributed by atoms with E-state index in [2.05, 4.69) is 116 Å². The molecule has 0 radical (unpaired) electrons. The summed E-state index contributed by atoms with van der Waals surface area (Å²) < 4.78 is 12.0. The second-order valence-electron chi connectivity index (χ2n) is 12.5. The van der Waals surface area contributed by atoms with Crippen molar-refractivity contribution in [1.82, 2.24) is 0 Å². The van der Waals surface area contributed by atoms with Crippen LogP contribution in [-0.4, -0.2) is 27.0 Å². The van der Waals surface area contributed by atoms with Crippen LogP contribution in [0.2, 0.25) is 18.1 Å². The van der Waals surface area contributed by atoms with E-state index in [4.69, 9.17) is 9.16 Å². The van der Waals surface area contributed by atoms with E-state index in [1.165, 1.54) is 11.1 Å². The van der Waals surface area contributed by atoms with Gasteiger partial charge in [-0.3, -0.25) is 0 Å². The molecule has 1 aromatic carbocycles. The molecule has 4 heteroatoms. The Morgan fingerprint density at radius 1 is 1.00 bits per heavy atom. The van der Waals surface area contributed by atoms with Gasteiger partial charge in [0.25, 0.3) is 0 Å². The summed E-state index contributed by atoms with van der Waals surface area (Å²) in [6.45, 7) is 24.4. The van der Waals surface area contributed by atoms with Gasteiger partial charge in [-0.15, -0.1) is 0 Å². The smallest absolute Gasteiger partial charge is 0.333 e. The van der Waals surface area contributed by atoms with E-state index in [1.807, 2.05) is 12.2 Å². The van der Waals surface area contributed by atoms with E-state index in [1.54, 1.807) is 32.1 Å². The van der Waals surface area contributed by atoms with Crippen LogP contribution in [0.4, 0.5) is 0 Å². The van der Waals surface area contributed by atoms with E-state index < -0.39 is 8.32 Å². The molecule has 41 heavy (non-hydrogen) atoms. The topological polar surface area (TPSA) is 35.5 Å². The largest absolute Gasteiger partial charge is 0.463 e. The SMILES string of the molecule is CCOC(=O)/C(C)=C/C=C/C#C/C=C/C(C)=C/[C@@H](C)[C@@H](O[Si](C)(C)C(C)(C)C)/C(C)=C/[C@@H](C)CCc1ccccc1. The molecule has 0 aliphatic carbocycles. The Morgan fingerprint density at radius 2 is 1.63 bits per heavy atom. The van der Waals surface area contributed by atoms with Crippen molar-refractivity contribution in [3.05, 3.63) is 95.1 Å². The van der Waals surface area contributed by atoms with Crippen LogP contribution >= 0.6 is 0 Å². The first-order valence-electron chi connectivity index (χ1n) is 14.9. The molecule has 3 atom stereocenters. The average molecular weight is 575 g/mol. The summed E-state index contributed by atoms with van der Waals surface area (Å²) >= 11 is 0. The van der Waals surface area contributed by atoms with Crippen LogP contribution in [0, 0.1) is 23.7 Å². The highest BCUT2D eigenvalue weighted by Crippen LogP contribution is 2.39. The molecule has 224 valence electrons. The maximum atomic E-state index is 11.6. The third-order valence-electron chi connectivity index (χ3n) is 7.59. The van der Waals surface area contributed by atoms with Gasteiger partial charge in [0.15, 0.2) is 8.32 Å². The van der Waals surface area contributed by atoms with Gasteiger partial charge in [-0.2, -0.15) is 0 Å². The van der Waals surface area contributed by atoms with Gasteiger partial charge >= 0.3 is 5.97 Å². The van der Waals surface area contributed by atoms with E-state index in [-0.39, 0.29) is 23.0 Å². The molecule has 0 aromatic heterocycles. The van der Waals surface area contributed by atoms with E-state index in [9.17, 15) is 4.79 Å². The van der Waals surface area contributed by atoms with Crippen LogP contribution in [0.3, 0.4) is 0 Å². The van der Waals surface area contributed by atoms with Gasteiger partial charge in [-0.05, 0) is 87.9 Å².